The van der Waals surface area contributed by atoms with E-state index in [1.165, 1.54) is 20.2 Å². The molecule has 6 rings (SSSR count). The van der Waals surface area contributed by atoms with Gasteiger partial charge in [0.1, 0.15) is 5.58 Å². The maximum Gasteiger partial charge on any atom is 0.341 e. The van der Waals surface area contributed by atoms with Gasteiger partial charge in [-0.05, 0) is 75.5 Å². The van der Waals surface area contributed by atoms with Gasteiger partial charge in [-0.15, -0.1) is 0 Å². The van der Waals surface area contributed by atoms with Gasteiger partial charge in [-0.2, -0.15) is 12.7 Å². The Balaban J connectivity index is 1.29. The van der Waals surface area contributed by atoms with Crippen molar-refractivity contribution in [1.29, 1.82) is 0 Å². The fourth-order valence-electron chi connectivity index (χ4n) is 7.31. The zero-order valence-electron chi connectivity index (χ0n) is 29.2. The number of nitrogens with zero attached hydrogens (tertiary/aromatic N) is 5. The number of amides is 2. The topological polar surface area (TPSA) is 136 Å². The van der Waals surface area contributed by atoms with Gasteiger partial charge >= 0.3 is 15.8 Å². The Morgan fingerprint density at radius 2 is 1.73 bits per heavy atom. The fourth-order valence-corrected chi connectivity index (χ4v) is 7.84. The summed E-state index contributed by atoms with van der Waals surface area (Å²) in [6, 6.07) is 7.15. The van der Waals surface area contributed by atoms with Crippen molar-refractivity contribution in [3.05, 3.63) is 68.1 Å². The second-order valence-electron chi connectivity index (χ2n) is 13.5. The van der Waals surface area contributed by atoms with E-state index < -0.39 is 21.7 Å². The van der Waals surface area contributed by atoms with E-state index in [2.05, 4.69) is 27.6 Å². The quantitative estimate of drug-likeness (QED) is 0.351. The summed E-state index contributed by atoms with van der Waals surface area (Å²) in [5, 5.41) is 0.935. The standard InChI is InChI=1S/C35H46N6O7S/c1-22-17-29(40-16-15-38(5)25(19-40)21-47-6)23(2)32-31(22)26-11-14-41(20-28(26)35(44)48-32)34(43)24-9-10-27(30(18-24)39-12-7-8-13-39)33(42)36-49(45,46)37(3)4/h9-10,17-18,25H,7-8,11-16,19-21H2,1-6H3,(H,36,42)/t25-/m1/s1. The van der Waals surface area contributed by atoms with Crippen molar-refractivity contribution in [3.63, 3.8) is 0 Å². The van der Waals surface area contributed by atoms with Crippen LogP contribution in [0.25, 0.3) is 11.0 Å². The van der Waals surface area contributed by atoms with Gasteiger partial charge < -0.3 is 23.9 Å². The van der Waals surface area contributed by atoms with Gasteiger partial charge in [-0.1, -0.05) is 0 Å². The molecule has 0 unspecified atom stereocenters. The predicted molar refractivity (Wildman–Crippen MR) is 189 cm³/mol. The second-order valence-corrected chi connectivity index (χ2v) is 15.4. The van der Waals surface area contributed by atoms with Crippen LogP contribution in [-0.2, 0) is 27.9 Å². The van der Waals surface area contributed by atoms with E-state index in [-0.39, 0.29) is 24.1 Å². The van der Waals surface area contributed by atoms with E-state index in [9.17, 15) is 22.8 Å². The molecule has 0 bridgehead atoms. The number of fused-ring (bicyclic) bond motifs is 3. The largest absolute Gasteiger partial charge is 0.422 e. The van der Waals surface area contributed by atoms with E-state index in [0.29, 0.717) is 55.1 Å². The number of hydrogen-bond acceptors (Lipinski definition) is 10. The zero-order valence-corrected chi connectivity index (χ0v) is 30.0. The third-order valence-corrected chi connectivity index (χ3v) is 11.6. The summed E-state index contributed by atoms with van der Waals surface area (Å²) in [4.78, 5) is 48.9. The van der Waals surface area contributed by atoms with Crippen molar-refractivity contribution in [1.82, 2.24) is 18.8 Å². The molecule has 49 heavy (non-hydrogen) atoms. The number of benzene rings is 2. The van der Waals surface area contributed by atoms with Crippen LogP contribution in [0.4, 0.5) is 11.4 Å². The van der Waals surface area contributed by atoms with E-state index in [1.807, 2.05) is 18.7 Å². The predicted octanol–water partition coefficient (Wildman–Crippen LogP) is 2.51. The van der Waals surface area contributed by atoms with Crippen LogP contribution in [0.3, 0.4) is 0 Å². The summed E-state index contributed by atoms with van der Waals surface area (Å²) in [7, 11) is 2.50. The first-order valence-corrected chi connectivity index (χ1v) is 18.2. The van der Waals surface area contributed by atoms with Gasteiger partial charge in [0.25, 0.3) is 11.8 Å². The molecule has 0 radical (unpaired) electrons. The maximum absolute atomic E-state index is 13.9. The molecule has 2 amide bonds. The van der Waals surface area contributed by atoms with Crippen LogP contribution in [0.1, 0.15) is 55.8 Å². The fraction of sp³-hybridized carbons (Fsp3) is 0.514. The number of carbonyl (C=O) groups is 2. The van der Waals surface area contributed by atoms with Gasteiger partial charge in [-0.3, -0.25) is 14.5 Å². The number of carbonyl (C=O) groups excluding carboxylic acids is 2. The molecule has 264 valence electrons. The number of likely N-dealkylation sites (N-methyl/N-ethyl adjacent to an activating group) is 1. The Morgan fingerprint density at radius 1 is 1.00 bits per heavy atom. The summed E-state index contributed by atoms with van der Waals surface area (Å²) < 4.78 is 39.3. The first kappa shape index (κ1) is 34.9. The summed E-state index contributed by atoms with van der Waals surface area (Å²) in [5.41, 5.74) is 5.61. The van der Waals surface area contributed by atoms with Crippen molar-refractivity contribution in [2.45, 2.75) is 45.7 Å². The molecule has 4 heterocycles. The number of rotatable bonds is 8. The van der Waals surface area contributed by atoms with Gasteiger partial charge in [0.2, 0.25) is 0 Å². The maximum atomic E-state index is 13.9. The second kappa shape index (κ2) is 13.7. The third-order valence-electron chi connectivity index (χ3n) is 10.2. The van der Waals surface area contributed by atoms with Gasteiger partial charge in [0, 0.05) is 82.7 Å². The average Bonchev–Trinajstić information content (AvgIpc) is 3.62. The molecule has 2 fully saturated rings. The highest BCUT2D eigenvalue weighted by atomic mass is 32.2. The molecule has 2 saturated heterocycles. The minimum atomic E-state index is -4.01. The number of methoxy groups -OCH3 is 1. The normalized spacial score (nSPS) is 18.8. The third kappa shape index (κ3) is 6.66. The highest BCUT2D eigenvalue weighted by Crippen LogP contribution is 2.36. The number of aryl methyl sites for hydroxylation is 2. The lowest BCUT2D eigenvalue weighted by atomic mass is 9.92. The molecule has 3 aromatic rings. The number of hydrogen-bond donors (Lipinski definition) is 1. The van der Waals surface area contributed by atoms with Crippen LogP contribution < -0.4 is 20.1 Å². The molecule has 1 aromatic heterocycles. The smallest absolute Gasteiger partial charge is 0.341 e. The minimum absolute atomic E-state index is 0.103. The lowest BCUT2D eigenvalue weighted by Crippen LogP contribution is -2.53. The molecule has 3 aliphatic heterocycles. The van der Waals surface area contributed by atoms with Crippen LogP contribution in [0.5, 0.6) is 0 Å². The number of nitrogens with one attached hydrogen (secondary N) is 1. The molecular weight excluding hydrogens is 648 g/mol. The van der Waals surface area contributed by atoms with Gasteiger partial charge in [0.15, 0.2) is 0 Å². The van der Waals surface area contributed by atoms with Crippen molar-refractivity contribution in [3.8, 4) is 0 Å². The molecule has 1 N–H and O–H groups in total. The van der Waals surface area contributed by atoms with E-state index in [1.54, 1.807) is 24.1 Å². The molecule has 0 spiro atoms. The van der Waals surface area contributed by atoms with Crippen molar-refractivity contribution in [2.75, 3.05) is 83.9 Å². The van der Waals surface area contributed by atoms with Crippen LogP contribution in [0.2, 0.25) is 0 Å². The van der Waals surface area contributed by atoms with E-state index in [4.69, 9.17) is 9.15 Å². The molecule has 1 atom stereocenters. The highest BCUT2D eigenvalue weighted by molar-refractivity contribution is 7.87. The highest BCUT2D eigenvalue weighted by Gasteiger charge is 2.32. The summed E-state index contributed by atoms with van der Waals surface area (Å²) in [6.45, 7) is 9.14. The summed E-state index contributed by atoms with van der Waals surface area (Å²) in [6.07, 6.45) is 2.34. The Morgan fingerprint density at radius 3 is 2.43 bits per heavy atom. The van der Waals surface area contributed by atoms with Gasteiger partial charge in [-0.25, -0.2) is 9.52 Å². The Labute approximate surface area is 287 Å². The molecule has 2 aromatic carbocycles. The van der Waals surface area contributed by atoms with Crippen LogP contribution in [0, 0.1) is 13.8 Å². The number of piperazine rings is 1. The van der Waals surface area contributed by atoms with E-state index >= 15 is 0 Å². The monoisotopic (exact) mass is 694 g/mol. The summed E-state index contributed by atoms with van der Waals surface area (Å²) in [5.74, 6) is -1.04. The van der Waals surface area contributed by atoms with Crippen molar-refractivity contribution < 1.29 is 27.2 Å². The SMILES string of the molecule is COC[C@H]1CN(c2cc(C)c3c4c(c(=O)oc3c2C)CN(C(=O)c2ccc(C(=O)NS(=O)(=O)N(C)C)c(N3CCCC3)c2)CC4)CCN1C. The molecule has 13 nitrogen and oxygen atoms in total. The van der Waals surface area contributed by atoms with Crippen molar-refractivity contribution >= 4 is 44.4 Å². The van der Waals surface area contributed by atoms with Crippen LogP contribution >= 0.6 is 0 Å². The number of ether oxygens (including phenoxy) is 1. The van der Waals surface area contributed by atoms with Crippen LogP contribution in [-0.4, -0.2) is 115 Å². The average molecular weight is 695 g/mol. The first-order valence-electron chi connectivity index (χ1n) is 16.8. The van der Waals surface area contributed by atoms with Crippen molar-refractivity contribution in [2.24, 2.45) is 0 Å². The molecule has 0 saturated carbocycles. The first-order chi connectivity index (χ1) is 23.3. The van der Waals surface area contributed by atoms with Crippen LogP contribution in [0.15, 0.2) is 33.5 Å². The molecule has 0 aliphatic carbocycles. The van der Waals surface area contributed by atoms with Gasteiger partial charge in [0.05, 0.1) is 36.0 Å². The zero-order chi connectivity index (χ0) is 35.2. The molecular formula is C35H46N6O7S. The lowest BCUT2D eigenvalue weighted by molar-refractivity contribution is 0.0732. The van der Waals surface area contributed by atoms with E-state index in [0.717, 1.165) is 64.5 Å². The molecule has 14 heteroatoms. The summed E-state index contributed by atoms with van der Waals surface area (Å²) >= 11 is 0. The minimum Gasteiger partial charge on any atom is -0.422 e. The number of anilines is 2. The molecule has 3 aliphatic rings. The lowest BCUT2D eigenvalue weighted by Gasteiger charge is -2.41. The Kier molecular flexibility index (Phi) is 9.77. The Hall–Kier alpha value is -3.98. The Bertz CT molecular complexity index is 1950.